The van der Waals surface area contributed by atoms with Crippen molar-refractivity contribution < 1.29 is 9.59 Å². The maximum Gasteiger partial charge on any atom is 0.326 e. The van der Waals surface area contributed by atoms with Gasteiger partial charge in [-0.1, -0.05) is 51.1 Å². The van der Waals surface area contributed by atoms with Gasteiger partial charge in [0, 0.05) is 24.8 Å². The normalized spacial score (nSPS) is 13.7. The molecule has 1 N–H and O–H groups in total. The molecule has 1 aromatic heterocycles. The summed E-state index contributed by atoms with van der Waals surface area (Å²) in [6.45, 7) is 7.00. The molecule has 1 aliphatic heterocycles. The molecule has 2 aromatic rings. The SMILES string of the molecule is CC(C)(C)CN1C(=O)N(CC(=O)NCc2ccccc2)Cc2cnc(C#N)nc21. The Bertz CT molecular complexity index is 946. The molecular formula is C21H24N6O2. The fourth-order valence-corrected chi connectivity index (χ4v) is 3.10. The number of hydrogen-bond donors (Lipinski definition) is 1. The highest BCUT2D eigenvalue weighted by molar-refractivity contribution is 5.96. The average Bonchev–Trinajstić information content (AvgIpc) is 2.69. The number of nitriles is 1. The lowest BCUT2D eigenvalue weighted by Gasteiger charge is -2.38. The van der Waals surface area contributed by atoms with E-state index in [1.54, 1.807) is 6.20 Å². The highest BCUT2D eigenvalue weighted by atomic mass is 16.2. The Morgan fingerprint density at radius 3 is 2.66 bits per heavy atom. The largest absolute Gasteiger partial charge is 0.350 e. The first kappa shape index (κ1) is 20.3. The lowest BCUT2D eigenvalue weighted by Crippen LogP contribution is -2.52. The molecule has 3 rings (SSSR count). The number of fused-ring (bicyclic) bond motifs is 1. The van der Waals surface area contributed by atoms with E-state index in [0.717, 1.165) is 5.56 Å². The second-order valence-electron chi connectivity index (χ2n) is 8.20. The number of hydrogen-bond acceptors (Lipinski definition) is 5. The molecule has 1 aliphatic rings. The minimum atomic E-state index is -0.301. The standard InChI is InChI=1S/C21H24N6O2/c1-21(2,3)14-27-19-16(11-23-17(9-22)25-19)12-26(20(27)29)13-18(28)24-10-15-7-5-4-6-8-15/h4-8,11H,10,12-14H2,1-3H3,(H,24,28). The highest BCUT2D eigenvalue weighted by Crippen LogP contribution is 2.29. The van der Waals surface area contributed by atoms with Gasteiger partial charge in [0.25, 0.3) is 0 Å². The summed E-state index contributed by atoms with van der Waals surface area (Å²) in [7, 11) is 0. The van der Waals surface area contributed by atoms with Gasteiger partial charge in [-0.25, -0.2) is 14.8 Å². The molecule has 3 amide bonds. The number of amides is 3. The first-order chi connectivity index (χ1) is 13.8. The van der Waals surface area contributed by atoms with Crippen molar-refractivity contribution in [3.05, 3.63) is 53.5 Å². The van der Waals surface area contributed by atoms with E-state index in [2.05, 4.69) is 15.3 Å². The van der Waals surface area contributed by atoms with Crippen molar-refractivity contribution >= 4 is 17.8 Å². The quantitative estimate of drug-likeness (QED) is 0.842. The van der Waals surface area contributed by atoms with E-state index in [0.29, 0.717) is 24.5 Å². The zero-order chi connectivity index (χ0) is 21.0. The summed E-state index contributed by atoms with van der Waals surface area (Å²) >= 11 is 0. The van der Waals surface area contributed by atoms with Crippen LogP contribution in [0.2, 0.25) is 0 Å². The predicted octanol–water partition coefficient (Wildman–Crippen LogP) is 2.45. The predicted molar refractivity (Wildman–Crippen MR) is 108 cm³/mol. The Morgan fingerprint density at radius 2 is 2.00 bits per heavy atom. The van der Waals surface area contributed by atoms with Crippen molar-refractivity contribution in [2.24, 2.45) is 5.41 Å². The van der Waals surface area contributed by atoms with Gasteiger partial charge in [-0.05, 0) is 11.0 Å². The lowest BCUT2D eigenvalue weighted by atomic mass is 9.95. The van der Waals surface area contributed by atoms with Gasteiger partial charge in [-0.2, -0.15) is 5.26 Å². The molecule has 29 heavy (non-hydrogen) atoms. The van der Waals surface area contributed by atoms with Gasteiger partial charge in [0.2, 0.25) is 11.7 Å². The molecule has 0 saturated heterocycles. The molecule has 2 heterocycles. The fourth-order valence-electron chi connectivity index (χ4n) is 3.10. The molecule has 150 valence electrons. The van der Waals surface area contributed by atoms with Crippen LogP contribution < -0.4 is 10.2 Å². The number of carbonyl (C=O) groups excluding carboxylic acids is 2. The number of benzene rings is 1. The Labute approximate surface area is 170 Å². The minimum absolute atomic E-state index is 0.0181. The number of carbonyl (C=O) groups is 2. The third kappa shape index (κ3) is 5.08. The second kappa shape index (κ2) is 8.27. The van der Waals surface area contributed by atoms with Gasteiger partial charge in [0.1, 0.15) is 18.4 Å². The Hall–Kier alpha value is -3.47. The van der Waals surface area contributed by atoms with E-state index >= 15 is 0 Å². The van der Waals surface area contributed by atoms with Gasteiger partial charge >= 0.3 is 6.03 Å². The summed E-state index contributed by atoms with van der Waals surface area (Å²) in [6, 6.07) is 11.2. The van der Waals surface area contributed by atoms with E-state index in [4.69, 9.17) is 5.26 Å². The average molecular weight is 392 g/mol. The smallest absolute Gasteiger partial charge is 0.326 e. The molecule has 1 aromatic carbocycles. The molecule has 0 aliphatic carbocycles. The Morgan fingerprint density at radius 1 is 1.28 bits per heavy atom. The molecular weight excluding hydrogens is 368 g/mol. The van der Waals surface area contributed by atoms with Crippen LogP contribution in [0.4, 0.5) is 10.6 Å². The second-order valence-corrected chi connectivity index (χ2v) is 8.20. The number of urea groups is 1. The van der Waals surface area contributed by atoms with Crippen molar-refractivity contribution in [3.8, 4) is 6.07 Å². The first-order valence-electron chi connectivity index (χ1n) is 9.40. The number of aromatic nitrogens is 2. The van der Waals surface area contributed by atoms with E-state index in [9.17, 15) is 9.59 Å². The van der Waals surface area contributed by atoms with Crippen molar-refractivity contribution in [2.45, 2.75) is 33.9 Å². The van der Waals surface area contributed by atoms with Crippen LogP contribution in [-0.2, 0) is 17.9 Å². The van der Waals surface area contributed by atoms with Crippen molar-refractivity contribution in [2.75, 3.05) is 18.0 Å². The van der Waals surface area contributed by atoms with Crippen LogP contribution >= 0.6 is 0 Å². The van der Waals surface area contributed by atoms with Crippen LogP contribution in [0.25, 0.3) is 0 Å². The van der Waals surface area contributed by atoms with Crippen LogP contribution in [0, 0.1) is 16.7 Å². The molecule has 0 unspecified atom stereocenters. The van der Waals surface area contributed by atoms with E-state index in [1.807, 2.05) is 57.2 Å². The number of nitrogens with zero attached hydrogens (tertiary/aromatic N) is 5. The van der Waals surface area contributed by atoms with E-state index < -0.39 is 0 Å². The maximum absolute atomic E-state index is 13.1. The van der Waals surface area contributed by atoms with E-state index in [-0.39, 0.29) is 36.3 Å². The third-order valence-corrected chi connectivity index (χ3v) is 4.36. The molecule has 8 nitrogen and oxygen atoms in total. The molecule has 8 heteroatoms. The zero-order valence-corrected chi connectivity index (χ0v) is 16.8. The van der Waals surface area contributed by atoms with Gasteiger partial charge in [0.05, 0.1) is 6.54 Å². The maximum atomic E-state index is 13.1. The summed E-state index contributed by atoms with van der Waals surface area (Å²) in [5.41, 5.74) is 1.51. The van der Waals surface area contributed by atoms with E-state index in [1.165, 1.54) is 9.80 Å². The topological polar surface area (TPSA) is 102 Å². The lowest BCUT2D eigenvalue weighted by molar-refractivity contribution is -0.121. The first-order valence-corrected chi connectivity index (χ1v) is 9.40. The van der Waals surface area contributed by atoms with Crippen LogP contribution in [0.1, 0.15) is 37.7 Å². The number of nitrogens with one attached hydrogen (secondary N) is 1. The van der Waals surface area contributed by atoms with Crippen LogP contribution in [0.3, 0.4) is 0 Å². The fraction of sp³-hybridized carbons (Fsp3) is 0.381. The Balaban J connectivity index is 1.76. The van der Waals surface area contributed by atoms with Gasteiger partial charge < -0.3 is 10.2 Å². The summed E-state index contributed by atoms with van der Waals surface area (Å²) in [6.07, 6.45) is 1.55. The van der Waals surface area contributed by atoms with Gasteiger partial charge in [-0.15, -0.1) is 0 Å². The van der Waals surface area contributed by atoms with Crippen molar-refractivity contribution in [1.29, 1.82) is 5.26 Å². The molecule has 0 fully saturated rings. The Kier molecular flexibility index (Phi) is 5.78. The summed E-state index contributed by atoms with van der Waals surface area (Å²) < 4.78 is 0. The monoisotopic (exact) mass is 392 g/mol. The summed E-state index contributed by atoms with van der Waals surface area (Å²) in [5, 5.41) is 12.0. The molecule has 0 bridgehead atoms. The molecule has 0 radical (unpaired) electrons. The molecule has 0 spiro atoms. The number of anilines is 1. The van der Waals surface area contributed by atoms with Crippen LogP contribution in [0.15, 0.2) is 36.5 Å². The summed E-state index contributed by atoms with van der Waals surface area (Å²) in [4.78, 5) is 36.8. The zero-order valence-electron chi connectivity index (χ0n) is 16.8. The molecule has 0 atom stereocenters. The van der Waals surface area contributed by atoms with Gasteiger partial charge in [-0.3, -0.25) is 9.69 Å². The third-order valence-electron chi connectivity index (χ3n) is 4.36. The van der Waals surface area contributed by atoms with Crippen LogP contribution in [-0.4, -0.2) is 39.9 Å². The minimum Gasteiger partial charge on any atom is -0.350 e. The molecule has 0 saturated carbocycles. The van der Waals surface area contributed by atoms with Crippen LogP contribution in [0.5, 0.6) is 0 Å². The van der Waals surface area contributed by atoms with Crippen molar-refractivity contribution in [1.82, 2.24) is 20.2 Å². The van der Waals surface area contributed by atoms with Crippen molar-refractivity contribution in [3.63, 3.8) is 0 Å². The van der Waals surface area contributed by atoms with Gasteiger partial charge in [0.15, 0.2) is 0 Å². The highest BCUT2D eigenvalue weighted by Gasteiger charge is 2.35. The number of rotatable bonds is 5. The summed E-state index contributed by atoms with van der Waals surface area (Å²) in [5.74, 6) is 0.220.